The van der Waals surface area contributed by atoms with E-state index in [0.29, 0.717) is 12.5 Å². The van der Waals surface area contributed by atoms with E-state index in [2.05, 4.69) is 5.32 Å². The second kappa shape index (κ2) is 6.59. The summed E-state index contributed by atoms with van der Waals surface area (Å²) in [7, 11) is 0. The largest absolute Gasteiger partial charge is 0.481 e. The molecule has 0 saturated heterocycles. The van der Waals surface area contributed by atoms with Gasteiger partial charge in [-0.15, -0.1) is 0 Å². The molecule has 0 fully saturated rings. The van der Waals surface area contributed by atoms with Crippen molar-refractivity contribution in [1.29, 1.82) is 0 Å². The normalized spacial score (nSPS) is 13.5. The highest BCUT2D eigenvalue weighted by Gasteiger charge is 2.23. The quantitative estimate of drug-likeness (QED) is 0.622. The van der Waals surface area contributed by atoms with E-state index in [1.165, 1.54) is 0 Å². The van der Waals surface area contributed by atoms with Gasteiger partial charge in [-0.1, -0.05) is 13.8 Å². The van der Waals surface area contributed by atoms with E-state index in [4.69, 9.17) is 10.8 Å². The molecule has 0 aliphatic rings. The first-order valence-electron chi connectivity index (χ1n) is 5.92. The van der Waals surface area contributed by atoms with Gasteiger partial charge in [-0.2, -0.15) is 0 Å². The third-order valence-electron chi connectivity index (χ3n) is 2.40. The van der Waals surface area contributed by atoms with Gasteiger partial charge in [0.05, 0.1) is 5.54 Å². The van der Waals surface area contributed by atoms with Crippen molar-refractivity contribution in [3.05, 3.63) is 0 Å². The van der Waals surface area contributed by atoms with Crippen LogP contribution in [0.5, 0.6) is 0 Å². The van der Waals surface area contributed by atoms with E-state index < -0.39 is 11.5 Å². The maximum absolute atomic E-state index is 11.6. The summed E-state index contributed by atoms with van der Waals surface area (Å²) in [5, 5.41) is 11.5. The number of hydrogen-bond acceptors (Lipinski definition) is 3. The summed E-state index contributed by atoms with van der Waals surface area (Å²) < 4.78 is 0. The van der Waals surface area contributed by atoms with E-state index in [9.17, 15) is 9.59 Å². The molecule has 0 bridgehead atoms. The zero-order valence-electron chi connectivity index (χ0n) is 11.1. The fraction of sp³-hybridized carbons (Fsp3) is 0.833. The molecular formula is C12H24N2O3. The lowest BCUT2D eigenvalue weighted by Crippen LogP contribution is -2.50. The Balaban J connectivity index is 4.25. The molecule has 0 aliphatic heterocycles. The maximum Gasteiger partial charge on any atom is 0.303 e. The summed E-state index contributed by atoms with van der Waals surface area (Å²) in [6.45, 7) is 7.67. The first-order valence-corrected chi connectivity index (χ1v) is 5.92. The number of nitrogens with one attached hydrogen (secondary N) is 1. The van der Waals surface area contributed by atoms with Gasteiger partial charge < -0.3 is 16.2 Å². The van der Waals surface area contributed by atoms with Gasteiger partial charge in [-0.05, 0) is 32.1 Å². The predicted octanol–water partition coefficient (Wildman–Crippen LogP) is 0.977. The van der Waals surface area contributed by atoms with Crippen molar-refractivity contribution in [1.82, 2.24) is 5.32 Å². The second-order valence-electron chi connectivity index (χ2n) is 5.53. The Bertz CT molecular complexity index is 269. The number of rotatable bonds is 7. The Morgan fingerprint density at radius 1 is 1.35 bits per heavy atom. The van der Waals surface area contributed by atoms with Crippen LogP contribution in [-0.4, -0.2) is 29.1 Å². The Morgan fingerprint density at radius 3 is 2.24 bits per heavy atom. The highest BCUT2D eigenvalue weighted by atomic mass is 16.4. The fourth-order valence-electron chi connectivity index (χ4n) is 1.62. The van der Waals surface area contributed by atoms with Gasteiger partial charge in [-0.3, -0.25) is 9.59 Å². The van der Waals surface area contributed by atoms with Crippen LogP contribution >= 0.6 is 0 Å². The molecule has 0 saturated carbocycles. The highest BCUT2D eigenvalue weighted by molar-refractivity contribution is 5.85. The zero-order chi connectivity index (χ0) is 13.6. The third-order valence-corrected chi connectivity index (χ3v) is 2.40. The van der Waals surface area contributed by atoms with Crippen LogP contribution in [0.4, 0.5) is 0 Å². The molecule has 5 heteroatoms. The van der Waals surface area contributed by atoms with Gasteiger partial charge in [0.15, 0.2) is 0 Å². The number of carbonyl (C=O) groups excluding carboxylic acids is 1. The Hall–Kier alpha value is -1.10. The van der Waals surface area contributed by atoms with Crippen LogP contribution in [0.1, 0.15) is 40.5 Å². The summed E-state index contributed by atoms with van der Waals surface area (Å²) in [5.74, 6) is -0.727. The highest BCUT2D eigenvalue weighted by Crippen LogP contribution is 2.15. The number of hydrogen-bond donors (Lipinski definition) is 3. The van der Waals surface area contributed by atoms with Crippen LogP contribution in [0.3, 0.4) is 0 Å². The average molecular weight is 244 g/mol. The van der Waals surface area contributed by atoms with Crippen LogP contribution < -0.4 is 11.1 Å². The first-order chi connectivity index (χ1) is 7.62. The molecule has 100 valence electrons. The van der Waals surface area contributed by atoms with Crippen LogP contribution in [0.25, 0.3) is 0 Å². The summed E-state index contributed by atoms with van der Waals surface area (Å²) in [4.78, 5) is 22.3. The standard InChI is InChI=1S/C12H24N2O3/c1-8(2)5-9(6-10(15)16)7-14-11(17)12(3,4)13/h8-9H,5-7,13H2,1-4H3,(H,14,17)(H,15,16)/t9-/m0/s1. The van der Waals surface area contributed by atoms with E-state index in [1.807, 2.05) is 13.8 Å². The van der Waals surface area contributed by atoms with Gasteiger partial charge in [-0.25, -0.2) is 0 Å². The lowest BCUT2D eigenvalue weighted by molar-refractivity contribution is -0.138. The minimum atomic E-state index is -0.925. The smallest absolute Gasteiger partial charge is 0.303 e. The van der Waals surface area contributed by atoms with Crippen molar-refractivity contribution < 1.29 is 14.7 Å². The van der Waals surface area contributed by atoms with Crippen molar-refractivity contribution in [3.8, 4) is 0 Å². The van der Waals surface area contributed by atoms with E-state index >= 15 is 0 Å². The van der Waals surface area contributed by atoms with Crippen molar-refractivity contribution in [3.63, 3.8) is 0 Å². The molecular weight excluding hydrogens is 220 g/mol. The topological polar surface area (TPSA) is 92.4 Å². The van der Waals surface area contributed by atoms with Crippen LogP contribution in [-0.2, 0) is 9.59 Å². The van der Waals surface area contributed by atoms with Gasteiger partial charge in [0.25, 0.3) is 0 Å². The number of aliphatic carboxylic acids is 1. The van der Waals surface area contributed by atoms with Crippen LogP contribution in [0.15, 0.2) is 0 Å². The average Bonchev–Trinajstić information content (AvgIpc) is 2.10. The van der Waals surface area contributed by atoms with Gasteiger partial charge in [0.1, 0.15) is 0 Å². The molecule has 0 aromatic carbocycles. The summed E-state index contributed by atoms with van der Waals surface area (Å²) >= 11 is 0. The minimum absolute atomic E-state index is 0.0428. The lowest BCUT2D eigenvalue weighted by atomic mass is 9.93. The molecule has 1 atom stereocenters. The Labute approximate surface area is 103 Å². The molecule has 4 N–H and O–H groups in total. The summed E-state index contributed by atoms with van der Waals surface area (Å²) in [5.41, 5.74) is 4.71. The number of nitrogens with two attached hydrogens (primary N) is 1. The van der Waals surface area contributed by atoms with Crippen LogP contribution in [0, 0.1) is 11.8 Å². The molecule has 0 aromatic heterocycles. The SMILES string of the molecule is CC(C)C[C@H](CNC(=O)C(C)(C)N)CC(=O)O. The van der Waals surface area contributed by atoms with E-state index in [1.54, 1.807) is 13.8 Å². The van der Waals surface area contributed by atoms with E-state index in [0.717, 1.165) is 6.42 Å². The molecule has 0 spiro atoms. The molecule has 0 aliphatic carbocycles. The minimum Gasteiger partial charge on any atom is -0.481 e. The predicted molar refractivity (Wildman–Crippen MR) is 66.5 cm³/mol. The molecule has 0 heterocycles. The van der Waals surface area contributed by atoms with Crippen LogP contribution in [0.2, 0.25) is 0 Å². The zero-order valence-corrected chi connectivity index (χ0v) is 11.1. The molecule has 0 radical (unpaired) electrons. The molecule has 17 heavy (non-hydrogen) atoms. The number of carbonyl (C=O) groups is 2. The second-order valence-corrected chi connectivity index (χ2v) is 5.53. The van der Waals surface area contributed by atoms with E-state index in [-0.39, 0.29) is 18.2 Å². The van der Waals surface area contributed by atoms with Crippen molar-refractivity contribution in [2.45, 2.75) is 46.1 Å². The first kappa shape index (κ1) is 15.9. The molecule has 0 aromatic rings. The molecule has 1 amide bonds. The molecule has 0 rings (SSSR count). The molecule has 0 unspecified atom stereocenters. The number of carboxylic acids is 1. The number of carboxylic acid groups (broad SMARTS) is 1. The monoisotopic (exact) mass is 244 g/mol. The Morgan fingerprint density at radius 2 is 1.88 bits per heavy atom. The van der Waals surface area contributed by atoms with Crippen molar-refractivity contribution in [2.24, 2.45) is 17.6 Å². The fourth-order valence-corrected chi connectivity index (χ4v) is 1.62. The molecule has 5 nitrogen and oxygen atoms in total. The van der Waals surface area contributed by atoms with Gasteiger partial charge in [0.2, 0.25) is 5.91 Å². The third kappa shape index (κ3) is 7.74. The number of amides is 1. The lowest BCUT2D eigenvalue weighted by Gasteiger charge is -2.22. The van der Waals surface area contributed by atoms with Crippen molar-refractivity contribution in [2.75, 3.05) is 6.54 Å². The van der Waals surface area contributed by atoms with Gasteiger partial charge >= 0.3 is 5.97 Å². The Kier molecular flexibility index (Phi) is 6.16. The van der Waals surface area contributed by atoms with Crippen molar-refractivity contribution >= 4 is 11.9 Å². The summed E-state index contributed by atoms with van der Waals surface area (Å²) in [6, 6.07) is 0. The maximum atomic E-state index is 11.6. The summed E-state index contributed by atoms with van der Waals surface area (Å²) in [6.07, 6.45) is 0.848. The van der Waals surface area contributed by atoms with Gasteiger partial charge in [0, 0.05) is 13.0 Å².